The summed E-state index contributed by atoms with van der Waals surface area (Å²) in [6, 6.07) is 4.50. The first-order valence-corrected chi connectivity index (χ1v) is 8.44. The Morgan fingerprint density at radius 3 is 2.50 bits per heavy atom. The summed E-state index contributed by atoms with van der Waals surface area (Å²) in [5.74, 6) is 1.46. The number of hydrogen-bond acceptors (Lipinski definition) is 1. The van der Waals surface area contributed by atoms with Crippen molar-refractivity contribution in [2.45, 2.75) is 52.1 Å². The van der Waals surface area contributed by atoms with Gasteiger partial charge < -0.3 is 5.32 Å². The van der Waals surface area contributed by atoms with E-state index in [9.17, 15) is 0 Å². The maximum absolute atomic E-state index is 6.32. The van der Waals surface area contributed by atoms with Gasteiger partial charge in [-0.2, -0.15) is 0 Å². The summed E-state index contributed by atoms with van der Waals surface area (Å²) in [4.78, 5) is 0. The fourth-order valence-electron chi connectivity index (χ4n) is 3.10. The lowest BCUT2D eigenvalue weighted by Crippen LogP contribution is -2.41. The molecule has 1 aromatic rings. The Hall–Kier alpha value is 0.0500. The molecular formula is C16H22Cl3N. The van der Waals surface area contributed by atoms with Gasteiger partial charge in [0.25, 0.3) is 0 Å². The molecule has 20 heavy (non-hydrogen) atoms. The van der Waals surface area contributed by atoms with Crippen LogP contribution < -0.4 is 5.32 Å². The standard InChI is InChI=1S/C16H22Cl3N/c1-9-5-4-6-14(10(9)2)20-11(3)12-7-8-13(17)16(19)15(12)18/h7-11,14,20H,4-6H2,1-3H3. The van der Waals surface area contributed by atoms with Crippen molar-refractivity contribution in [3.63, 3.8) is 0 Å². The Bertz CT molecular complexity index is 475. The summed E-state index contributed by atoms with van der Waals surface area (Å²) >= 11 is 18.4. The first-order chi connectivity index (χ1) is 9.41. The molecule has 0 spiro atoms. The van der Waals surface area contributed by atoms with Crippen LogP contribution in [0.4, 0.5) is 0 Å². The summed E-state index contributed by atoms with van der Waals surface area (Å²) in [6.45, 7) is 6.82. The SMILES string of the molecule is CC(NC1CCCC(C)C1C)c1ccc(Cl)c(Cl)c1Cl. The predicted molar refractivity (Wildman–Crippen MR) is 89.0 cm³/mol. The van der Waals surface area contributed by atoms with Gasteiger partial charge in [0.15, 0.2) is 0 Å². The molecule has 0 radical (unpaired) electrons. The van der Waals surface area contributed by atoms with Crippen molar-refractivity contribution in [1.82, 2.24) is 5.32 Å². The minimum Gasteiger partial charge on any atom is -0.307 e. The lowest BCUT2D eigenvalue weighted by molar-refractivity contribution is 0.196. The van der Waals surface area contributed by atoms with Gasteiger partial charge in [0.2, 0.25) is 0 Å². The first-order valence-electron chi connectivity index (χ1n) is 7.31. The van der Waals surface area contributed by atoms with Crippen LogP contribution in [0.25, 0.3) is 0 Å². The molecule has 0 saturated heterocycles. The van der Waals surface area contributed by atoms with E-state index in [1.165, 1.54) is 19.3 Å². The van der Waals surface area contributed by atoms with E-state index in [0.717, 1.165) is 11.5 Å². The fraction of sp³-hybridized carbons (Fsp3) is 0.625. The van der Waals surface area contributed by atoms with Crippen LogP contribution in [0, 0.1) is 11.8 Å². The Labute approximate surface area is 137 Å². The van der Waals surface area contributed by atoms with Crippen molar-refractivity contribution in [3.05, 3.63) is 32.8 Å². The van der Waals surface area contributed by atoms with Gasteiger partial charge in [0.1, 0.15) is 0 Å². The van der Waals surface area contributed by atoms with Crippen LogP contribution in [0.15, 0.2) is 12.1 Å². The molecule has 112 valence electrons. The number of hydrogen-bond donors (Lipinski definition) is 1. The van der Waals surface area contributed by atoms with E-state index in [2.05, 4.69) is 26.1 Å². The predicted octanol–water partition coefficient (Wildman–Crippen LogP) is 6.12. The highest BCUT2D eigenvalue weighted by atomic mass is 35.5. The Kier molecular flexibility index (Phi) is 5.64. The molecule has 2 rings (SSSR count). The molecule has 4 atom stereocenters. The zero-order valence-corrected chi connectivity index (χ0v) is 14.5. The molecule has 4 unspecified atom stereocenters. The second-order valence-electron chi connectivity index (χ2n) is 6.03. The van der Waals surface area contributed by atoms with Gasteiger partial charge in [0, 0.05) is 12.1 Å². The maximum atomic E-state index is 6.32. The molecule has 1 saturated carbocycles. The zero-order chi connectivity index (χ0) is 14.9. The summed E-state index contributed by atoms with van der Waals surface area (Å²) in [7, 11) is 0. The van der Waals surface area contributed by atoms with Gasteiger partial charge in [-0.25, -0.2) is 0 Å². The Morgan fingerprint density at radius 2 is 1.80 bits per heavy atom. The van der Waals surface area contributed by atoms with E-state index in [-0.39, 0.29) is 6.04 Å². The third-order valence-electron chi connectivity index (χ3n) is 4.70. The quantitative estimate of drug-likeness (QED) is 0.656. The largest absolute Gasteiger partial charge is 0.307 e. The van der Waals surface area contributed by atoms with Crippen LogP contribution in [0.5, 0.6) is 0 Å². The summed E-state index contributed by atoms with van der Waals surface area (Å²) in [5, 5.41) is 5.24. The van der Waals surface area contributed by atoms with Crippen molar-refractivity contribution in [2.24, 2.45) is 11.8 Å². The molecular weight excluding hydrogens is 313 g/mol. The molecule has 0 heterocycles. The van der Waals surface area contributed by atoms with Crippen molar-refractivity contribution in [1.29, 1.82) is 0 Å². The molecule has 0 aromatic heterocycles. The number of benzene rings is 1. The van der Waals surface area contributed by atoms with Gasteiger partial charge in [-0.05, 0) is 36.8 Å². The molecule has 0 bridgehead atoms. The van der Waals surface area contributed by atoms with Crippen LogP contribution in [-0.2, 0) is 0 Å². The Morgan fingerprint density at radius 1 is 1.10 bits per heavy atom. The van der Waals surface area contributed by atoms with Crippen LogP contribution in [0.3, 0.4) is 0 Å². The van der Waals surface area contributed by atoms with Crippen LogP contribution in [0.1, 0.15) is 51.6 Å². The molecule has 0 amide bonds. The van der Waals surface area contributed by atoms with E-state index in [4.69, 9.17) is 34.8 Å². The van der Waals surface area contributed by atoms with Crippen molar-refractivity contribution in [3.8, 4) is 0 Å². The van der Waals surface area contributed by atoms with Crippen LogP contribution in [0.2, 0.25) is 15.1 Å². The fourth-order valence-corrected chi connectivity index (χ4v) is 3.81. The normalized spacial score (nSPS) is 28.4. The van der Waals surface area contributed by atoms with E-state index < -0.39 is 0 Å². The minimum absolute atomic E-state index is 0.176. The molecule has 0 aliphatic heterocycles. The van der Waals surface area contributed by atoms with E-state index in [1.54, 1.807) is 0 Å². The number of nitrogens with one attached hydrogen (secondary N) is 1. The molecule has 1 aliphatic rings. The van der Waals surface area contributed by atoms with E-state index >= 15 is 0 Å². The molecule has 4 heteroatoms. The van der Waals surface area contributed by atoms with E-state index in [0.29, 0.717) is 27.0 Å². The number of rotatable bonds is 3. The highest BCUT2D eigenvalue weighted by Crippen LogP contribution is 2.37. The van der Waals surface area contributed by atoms with Gasteiger partial charge in [-0.3, -0.25) is 0 Å². The highest BCUT2D eigenvalue weighted by Gasteiger charge is 2.28. The highest BCUT2D eigenvalue weighted by molar-refractivity contribution is 6.48. The topological polar surface area (TPSA) is 12.0 Å². The summed E-state index contributed by atoms with van der Waals surface area (Å²) in [5.41, 5.74) is 1.02. The average Bonchev–Trinajstić information content (AvgIpc) is 2.41. The van der Waals surface area contributed by atoms with Gasteiger partial charge in [-0.1, -0.05) is 67.6 Å². The lowest BCUT2D eigenvalue weighted by Gasteiger charge is -2.36. The second kappa shape index (κ2) is 6.87. The smallest absolute Gasteiger partial charge is 0.0781 e. The van der Waals surface area contributed by atoms with Crippen molar-refractivity contribution in [2.75, 3.05) is 0 Å². The third kappa shape index (κ3) is 3.44. The Balaban J connectivity index is 2.12. The third-order valence-corrected chi connectivity index (χ3v) is 6.01. The van der Waals surface area contributed by atoms with Crippen molar-refractivity contribution >= 4 is 34.8 Å². The molecule has 1 aliphatic carbocycles. The molecule has 1 nitrogen and oxygen atoms in total. The van der Waals surface area contributed by atoms with Gasteiger partial charge in [-0.15, -0.1) is 0 Å². The minimum atomic E-state index is 0.176. The first kappa shape index (κ1) is 16.4. The van der Waals surface area contributed by atoms with Gasteiger partial charge in [0.05, 0.1) is 15.1 Å². The monoisotopic (exact) mass is 333 g/mol. The summed E-state index contributed by atoms with van der Waals surface area (Å²) < 4.78 is 0. The molecule has 1 N–H and O–H groups in total. The van der Waals surface area contributed by atoms with Crippen LogP contribution >= 0.6 is 34.8 Å². The molecule has 1 aromatic carbocycles. The zero-order valence-electron chi connectivity index (χ0n) is 12.2. The second-order valence-corrected chi connectivity index (χ2v) is 7.19. The van der Waals surface area contributed by atoms with E-state index in [1.807, 2.05) is 12.1 Å². The van der Waals surface area contributed by atoms with Gasteiger partial charge >= 0.3 is 0 Å². The van der Waals surface area contributed by atoms with Crippen LogP contribution in [-0.4, -0.2) is 6.04 Å². The average molecular weight is 335 g/mol. The lowest BCUT2D eigenvalue weighted by atomic mass is 9.77. The maximum Gasteiger partial charge on any atom is 0.0781 e. The van der Waals surface area contributed by atoms with Crippen molar-refractivity contribution < 1.29 is 0 Å². The number of halogens is 3. The molecule has 1 fully saturated rings. The summed E-state index contributed by atoms with van der Waals surface area (Å²) in [6.07, 6.45) is 3.86.